The van der Waals surface area contributed by atoms with Crippen molar-refractivity contribution < 1.29 is 13.5 Å². The quantitative estimate of drug-likeness (QED) is 0.821. The Morgan fingerprint density at radius 2 is 1.81 bits per heavy atom. The van der Waals surface area contributed by atoms with Gasteiger partial charge in [-0.05, 0) is 32.9 Å². The van der Waals surface area contributed by atoms with Crippen LogP contribution in [0.5, 0.6) is 0 Å². The maximum absolute atomic E-state index is 12.2. The molecule has 114 valence electrons. The molecule has 0 atom stereocenters. The molecule has 0 spiro atoms. The van der Waals surface area contributed by atoms with Gasteiger partial charge in [0.1, 0.15) is 0 Å². The summed E-state index contributed by atoms with van der Waals surface area (Å²) in [5.41, 5.74) is 2.74. The van der Waals surface area contributed by atoms with E-state index in [9.17, 15) is 8.42 Å². The number of allylic oxidation sites excluding steroid dienone is 4. The lowest BCUT2D eigenvalue weighted by Gasteiger charge is -2.05. The van der Waals surface area contributed by atoms with Gasteiger partial charge in [0.05, 0.1) is 17.3 Å². The van der Waals surface area contributed by atoms with Crippen LogP contribution in [0.1, 0.15) is 19.4 Å². The first-order valence-electron chi connectivity index (χ1n) is 6.76. The zero-order valence-corrected chi connectivity index (χ0v) is 13.5. The fourth-order valence-electron chi connectivity index (χ4n) is 1.75. The van der Waals surface area contributed by atoms with Gasteiger partial charge in [-0.15, -0.1) is 0 Å². The Balaban J connectivity index is 2.79. The third kappa shape index (κ3) is 6.10. The van der Waals surface area contributed by atoms with Crippen LogP contribution in [0.2, 0.25) is 0 Å². The molecule has 0 bridgehead atoms. The summed E-state index contributed by atoms with van der Waals surface area (Å²) in [6.07, 6.45) is 7.09. The molecule has 0 radical (unpaired) electrons. The van der Waals surface area contributed by atoms with Gasteiger partial charge in [0.25, 0.3) is 0 Å². The second-order valence-corrected chi connectivity index (χ2v) is 7.06. The fraction of sp³-hybridized carbons (Fsp3) is 0.294. The van der Waals surface area contributed by atoms with E-state index in [2.05, 4.69) is 0 Å². The van der Waals surface area contributed by atoms with Crippen molar-refractivity contribution >= 4 is 9.84 Å². The Hall–Kier alpha value is -1.65. The standard InChI is InChI=1S/C17H22O3S/c1-14(11-12-18)5-4-6-16(3)13-21(19,20)17-9-7-15(2)8-10-17/h4-11,18H,12-13H2,1-3H3. The molecule has 0 saturated heterocycles. The molecule has 1 N–H and O–H groups in total. The Morgan fingerprint density at radius 1 is 1.19 bits per heavy atom. The average Bonchev–Trinajstić information content (AvgIpc) is 2.38. The Kier molecular flexibility index (Phi) is 6.59. The van der Waals surface area contributed by atoms with E-state index in [1.165, 1.54) is 0 Å². The highest BCUT2D eigenvalue weighted by atomic mass is 32.2. The van der Waals surface area contributed by atoms with Gasteiger partial charge in [0, 0.05) is 0 Å². The smallest absolute Gasteiger partial charge is 0.182 e. The van der Waals surface area contributed by atoms with E-state index in [1.807, 2.05) is 19.9 Å². The van der Waals surface area contributed by atoms with Crippen LogP contribution >= 0.6 is 0 Å². The highest BCUT2D eigenvalue weighted by Crippen LogP contribution is 2.14. The minimum absolute atomic E-state index is 0.000668. The lowest BCUT2D eigenvalue weighted by Crippen LogP contribution is -2.07. The molecule has 21 heavy (non-hydrogen) atoms. The van der Waals surface area contributed by atoms with Crippen LogP contribution < -0.4 is 0 Å². The summed E-state index contributed by atoms with van der Waals surface area (Å²) in [4.78, 5) is 0.348. The number of rotatable bonds is 6. The molecule has 0 aliphatic carbocycles. The molecule has 0 heterocycles. The summed E-state index contributed by atoms with van der Waals surface area (Å²) in [6, 6.07) is 6.88. The SMILES string of the molecule is CC(C=CC=C(C)CS(=O)(=O)c1ccc(C)cc1)=CCO. The normalized spacial score (nSPS) is 13.9. The van der Waals surface area contributed by atoms with Crippen LogP contribution in [0.3, 0.4) is 0 Å². The van der Waals surface area contributed by atoms with E-state index >= 15 is 0 Å². The zero-order valence-electron chi connectivity index (χ0n) is 12.7. The number of aryl methyl sites for hydroxylation is 1. The molecule has 3 nitrogen and oxygen atoms in total. The van der Waals surface area contributed by atoms with E-state index in [4.69, 9.17) is 5.11 Å². The van der Waals surface area contributed by atoms with E-state index in [0.717, 1.165) is 16.7 Å². The van der Waals surface area contributed by atoms with Crippen LogP contribution in [-0.2, 0) is 9.84 Å². The monoisotopic (exact) mass is 306 g/mol. The van der Waals surface area contributed by atoms with Crippen molar-refractivity contribution in [1.29, 1.82) is 0 Å². The minimum Gasteiger partial charge on any atom is -0.392 e. The molecule has 0 aliphatic rings. The molecular formula is C17H22O3S. The molecule has 1 rings (SSSR count). The molecule has 1 aromatic carbocycles. The van der Waals surface area contributed by atoms with E-state index in [1.54, 1.807) is 49.4 Å². The number of aliphatic hydroxyl groups excluding tert-OH is 1. The summed E-state index contributed by atoms with van der Waals surface area (Å²) < 4.78 is 24.5. The summed E-state index contributed by atoms with van der Waals surface area (Å²) in [6.45, 7) is 5.59. The molecule has 0 saturated carbocycles. The summed E-state index contributed by atoms with van der Waals surface area (Å²) in [7, 11) is -3.29. The summed E-state index contributed by atoms with van der Waals surface area (Å²) in [5.74, 6) is 0.00314. The van der Waals surface area contributed by atoms with Crippen molar-refractivity contribution in [1.82, 2.24) is 0 Å². The third-order valence-corrected chi connectivity index (χ3v) is 4.78. The largest absolute Gasteiger partial charge is 0.392 e. The number of benzene rings is 1. The van der Waals surface area contributed by atoms with E-state index in [0.29, 0.717) is 4.90 Å². The first-order valence-corrected chi connectivity index (χ1v) is 8.41. The van der Waals surface area contributed by atoms with Crippen molar-refractivity contribution in [2.45, 2.75) is 25.7 Å². The maximum atomic E-state index is 12.2. The predicted octanol–water partition coefficient (Wildman–Crippen LogP) is 3.21. The topological polar surface area (TPSA) is 54.4 Å². The first kappa shape index (κ1) is 17.4. The molecule has 0 amide bonds. The van der Waals surface area contributed by atoms with E-state index < -0.39 is 9.84 Å². The Bertz CT molecular complexity index is 648. The van der Waals surface area contributed by atoms with Crippen LogP contribution in [0, 0.1) is 6.92 Å². The average molecular weight is 306 g/mol. The molecule has 1 aromatic rings. The third-order valence-electron chi connectivity index (χ3n) is 2.95. The molecule has 0 aromatic heterocycles. The first-order chi connectivity index (χ1) is 9.85. The number of sulfone groups is 1. The Morgan fingerprint density at radius 3 is 2.38 bits per heavy atom. The van der Waals surface area contributed by atoms with Gasteiger partial charge in [-0.25, -0.2) is 8.42 Å². The van der Waals surface area contributed by atoms with Gasteiger partial charge in [-0.1, -0.05) is 53.1 Å². The van der Waals surface area contributed by atoms with Crippen molar-refractivity contribution in [2.75, 3.05) is 12.4 Å². The number of hydrogen-bond donors (Lipinski definition) is 1. The lowest BCUT2D eigenvalue weighted by molar-refractivity contribution is 0.342. The molecule has 0 fully saturated rings. The minimum atomic E-state index is -3.29. The molecule has 0 unspecified atom stereocenters. The van der Waals surface area contributed by atoms with Crippen molar-refractivity contribution in [3.63, 3.8) is 0 Å². The van der Waals surface area contributed by atoms with Crippen LogP contribution in [0.4, 0.5) is 0 Å². The van der Waals surface area contributed by atoms with E-state index in [-0.39, 0.29) is 12.4 Å². The molecular weight excluding hydrogens is 284 g/mol. The van der Waals surface area contributed by atoms with Crippen LogP contribution in [-0.4, -0.2) is 25.9 Å². The van der Waals surface area contributed by atoms with Gasteiger partial charge in [0.15, 0.2) is 9.84 Å². The van der Waals surface area contributed by atoms with Crippen LogP contribution in [0.25, 0.3) is 0 Å². The highest BCUT2D eigenvalue weighted by Gasteiger charge is 2.14. The van der Waals surface area contributed by atoms with Gasteiger partial charge in [-0.3, -0.25) is 0 Å². The maximum Gasteiger partial charge on any atom is 0.182 e. The Labute approximate surface area is 127 Å². The number of hydrogen-bond acceptors (Lipinski definition) is 3. The highest BCUT2D eigenvalue weighted by molar-refractivity contribution is 7.91. The second-order valence-electron chi connectivity index (χ2n) is 5.07. The van der Waals surface area contributed by atoms with Gasteiger partial charge < -0.3 is 5.11 Å². The van der Waals surface area contributed by atoms with Gasteiger partial charge in [0.2, 0.25) is 0 Å². The van der Waals surface area contributed by atoms with Gasteiger partial charge in [-0.2, -0.15) is 0 Å². The van der Waals surface area contributed by atoms with Crippen molar-refractivity contribution in [3.05, 3.63) is 65.3 Å². The predicted molar refractivity (Wildman–Crippen MR) is 87.0 cm³/mol. The fourth-order valence-corrected chi connectivity index (χ4v) is 3.17. The van der Waals surface area contributed by atoms with Gasteiger partial charge >= 0.3 is 0 Å². The van der Waals surface area contributed by atoms with Crippen LogP contribution in [0.15, 0.2) is 64.6 Å². The summed E-state index contributed by atoms with van der Waals surface area (Å²) >= 11 is 0. The molecule has 4 heteroatoms. The zero-order chi connectivity index (χ0) is 15.9. The van der Waals surface area contributed by atoms with Crippen molar-refractivity contribution in [3.8, 4) is 0 Å². The second kappa shape index (κ2) is 7.96. The molecule has 0 aliphatic heterocycles. The lowest BCUT2D eigenvalue weighted by atomic mass is 10.2. The number of aliphatic hydroxyl groups is 1. The van der Waals surface area contributed by atoms with Crippen molar-refractivity contribution in [2.24, 2.45) is 0 Å². The summed E-state index contributed by atoms with van der Waals surface area (Å²) in [5, 5.41) is 8.74.